The third-order valence-electron chi connectivity index (χ3n) is 6.36. The summed E-state index contributed by atoms with van der Waals surface area (Å²) >= 11 is 0. The topological polar surface area (TPSA) is 27.7 Å². The summed E-state index contributed by atoms with van der Waals surface area (Å²) in [5.41, 5.74) is 7.89. The predicted molar refractivity (Wildman–Crippen MR) is 131 cm³/mol. The van der Waals surface area contributed by atoms with E-state index in [1.165, 1.54) is 27.8 Å². The molecule has 0 spiro atoms. The van der Waals surface area contributed by atoms with Crippen LogP contribution in [0.2, 0.25) is 0 Å². The van der Waals surface area contributed by atoms with Crippen molar-refractivity contribution in [1.82, 2.24) is 0 Å². The first-order valence-electron chi connectivity index (χ1n) is 11.6. The molecule has 0 bridgehead atoms. The lowest BCUT2D eigenvalue weighted by Crippen LogP contribution is -2.29. The van der Waals surface area contributed by atoms with Crippen LogP contribution in [-0.4, -0.2) is 33.5 Å². The van der Waals surface area contributed by atoms with Gasteiger partial charge in [-0.05, 0) is 58.7 Å². The van der Waals surface area contributed by atoms with Gasteiger partial charge in [0.15, 0.2) is 0 Å². The van der Waals surface area contributed by atoms with Crippen molar-refractivity contribution in [3.8, 4) is 16.9 Å². The Balaban J connectivity index is 1.69. The van der Waals surface area contributed by atoms with Crippen LogP contribution in [0.25, 0.3) is 11.1 Å². The molecule has 0 unspecified atom stereocenters. The lowest BCUT2D eigenvalue weighted by molar-refractivity contribution is 0.0543. The fraction of sp³-hybridized carbons (Fsp3) is 0.379. The van der Waals surface area contributed by atoms with Crippen LogP contribution in [0.4, 0.5) is 0 Å². The van der Waals surface area contributed by atoms with Gasteiger partial charge in [0.05, 0.1) is 19.8 Å². The summed E-state index contributed by atoms with van der Waals surface area (Å²) in [6, 6.07) is 24.5. The summed E-state index contributed by atoms with van der Waals surface area (Å²) in [6.07, 6.45) is 1.06. The minimum atomic E-state index is -0.145. The average molecular weight is 431 g/mol. The molecule has 0 fully saturated rings. The third-order valence-corrected chi connectivity index (χ3v) is 6.36. The number of ether oxygens (including phenoxy) is 3. The van der Waals surface area contributed by atoms with Crippen molar-refractivity contribution in [2.75, 3.05) is 33.5 Å². The van der Waals surface area contributed by atoms with Gasteiger partial charge in [0.25, 0.3) is 0 Å². The maximum absolute atomic E-state index is 6.02. The van der Waals surface area contributed by atoms with Gasteiger partial charge in [0, 0.05) is 12.5 Å². The Bertz CT molecular complexity index is 1010. The third kappa shape index (κ3) is 4.20. The van der Waals surface area contributed by atoms with E-state index in [-0.39, 0.29) is 5.41 Å². The zero-order chi connectivity index (χ0) is 22.6. The molecule has 3 nitrogen and oxygen atoms in total. The van der Waals surface area contributed by atoms with E-state index in [0.29, 0.717) is 32.3 Å². The highest BCUT2D eigenvalue weighted by Crippen LogP contribution is 2.55. The highest BCUT2D eigenvalue weighted by molar-refractivity contribution is 5.83. The molecule has 0 heterocycles. The fourth-order valence-corrected chi connectivity index (χ4v) is 5.12. The maximum Gasteiger partial charge on any atom is 0.122 e. The first kappa shape index (κ1) is 22.6. The number of methoxy groups -OCH3 is 1. The lowest BCUT2D eigenvalue weighted by atomic mass is 9.67. The molecular formula is C29H34O3. The first-order valence-corrected chi connectivity index (χ1v) is 11.6. The SMILES string of the molecule is COCCOCCOc1ccc(C2(CC(C)C)c3ccccc3-c3ccccc32)cc1C. The number of fused-ring (bicyclic) bond motifs is 3. The van der Waals surface area contributed by atoms with Crippen molar-refractivity contribution >= 4 is 0 Å². The summed E-state index contributed by atoms with van der Waals surface area (Å²) in [7, 11) is 1.68. The Kier molecular flexibility index (Phi) is 6.98. The second-order valence-electron chi connectivity index (χ2n) is 9.03. The largest absolute Gasteiger partial charge is 0.491 e. The minimum absolute atomic E-state index is 0.145. The zero-order valence-corrected chi connectivity index (χ0v) is 19.7. The van der Waals surface area contributed by atoms with Crippen molar-refractivity contribution in [2.45, 2.75) is 32.6 Å². The van der Waals surface area contributed by atoms with E-state index >= 15 is 0 Å². The molecule has 0 aliphatic heterocycles. The molecule has 3 aromatic rings. The van der Waals surface area contributed by atoms with E-state index in [1.54, 1.807) is 7.11 Å². The molecular weight excluding hydrogens is 396 g/mol. The highest BCUT2D eigenvalue weighted by Gasteiger charge is 2.44. The normalized spacial score (nSPS) is 13.8. The molecule has 0 saturated heterocycles. The van der Waals surface area contributed by atoms with Crippen molar-refractivity contribution in [2.24, 2.45) is 5.92 Å². The van der Waals surface area contributed by atoms with Crippen molar-refractivity contribution in [1.29, 1.82) is 0 Å². The predicted octanol–water partition coefficient (Wildman–Crippen LogP) is 6.40. The highest BCUT2D eigenvalue weighted by atomic mass is 16.5. The molecule has 0 aromatic heterocycles. The molecule has 3 aromatic carbocycles. The van der Waals surface area contributed by atoms with Crippen LogP contribution >= 0.6 is 0 Å². The molecule has 0 radical (unpaired) electrons. The van der Waals surface area contributed by atoms with Gasteiger partial charge in [-0.1, -0.05) is 74.5 Å². The van der Waals surface area contributed by atoms with Gasteiger partial charge < -0.3 is 14.2 Å². The van der Waals surface area contributed by atoms with Crippen LogP contribution in [0.1, 0.15) is 42.5 Å². The summed E-state index contributed by atoms with van der Waals surface area (Å²) in [5.74, 6) is 1.47. The number of hydrogen-bond acceptors (Lipinski definition) is 3. The smallest absolute Gasteiger partial charge is 0.122 e. The summed E-state index contributed by atoms with van der Waals surface area (Å²) < 4.78 is 16.6. The van der Waals surface area contributed by atoms with Crippen LogP contribution in [0, 0.1) is 12.8 Å². The molecule has 3 heteroatoms. The first-order chi connectivity index (χ1) is 15.6. The van der Waals surface area contributed by atoms with E-state index in [0.717, 1.165) is 17.7 Å². The molecule has 1 aliphatic carbocycles. The van der Waals surface area contributed by atoms with Crippen LogP contribution < -0.4 is 4.74 Å². The molecule has 1 aliphatic rings. The van der Waals surface area contributed by atoms with E-state index in [9.17, 15) is 0 Å². The molecule has 0 amide bonds. The summed E-state index contributed by atoms with van der Waals surface area (Å²) in [5, 5.41) is 0. The molecule has 0 saturated carbocycles. The van der Waals surface area contributed by atoms with E-state index in [1.807, 2.05) is 0 Å². The van der Waals surface area contributed by atoms with Crippen molar-refractivity contribution in [3.63, 3.8) is 0 Å². The Morgan fingerprint density at radius 2 is 1.41 bits per heavy atom. The van der Waals surface area contributed by atoms with Gasteiger partial charge >= 0.3 is 0 Å². The van der Waals surface area contributed by atoms with Gasteiger partial charge in [0.2, 0.25) is 0 Å². The van der Waals surface area contributed by atoms with Crippen molar-refractivity contribution in [3.05, 3.63) is 89.0 Å². The Morgan fingerprint density at radius 3 is 2.00 bits per heavy atom. The Hall–Kier alpha value is -2.62. The van der Waals surface area contributed by atoms with E-state index in [4.69, 9.17) is 14.2 Å². The monoisotopic (exact) mass is 430 g/mol. The minimum Gasteiger partial charge on any atom is -0.491 e. The average Bonchev–Trinajstić information content (AvgIpc) is 3.08. The molecule has 168 valence electrons. The van der Waals surface area contributed by atoms with E-state index < -0.39 is 0 Å². The van der Waals surface area contributed by atoms with Crippen LogP contribution in [0.5, 0.6) is 5.75 Å². The Labute approximate surface area is 192 Å². The molecule has 4 rings (SSSR count). The number of aryl methyl sites for hydroxylation is 1. The maximum atomic E-state index is 6.02. The second kappa shape index (κ2) is 9.89. The molecule has 32 heavy (non-hydrogen) atoms. The number of benzene rings is 3. The van der Waals surface area contributed by atoms with E-state index in [2.05, 4.69) is 87.5 Å². The van der Waals surface area contributed by atoms with Crippen LogP contribution in [-0.2, 0) is 14.9 Å². The standard InChI is InChI=1S/C29H34O3/c1-21(2)20-29(26-11-7-5-9-24(26)25-10-6-8-12-27(25)29)23-13-14-28(22(3)19-23)32-18-17-31-16-15-30-4/h5-14,19,21H,15-18,20H2,1-4H3. The van der Waals surface area contributed by atoms with Gasteiger partial charge in [-0.15, -0.1) is 0 Å². The zero-order valence-electron chi connectivity index (χ0n) is 19.7. The van der Waals surface area contributed by atoms with Crippen LogP contribution in [0.15, 0.2) is 66.7 Å². The fourth-order valence-electron chi connectivity index (χ4n) is 5.12. The van der Waals surface area contributed by atoms with Gasteiger partial charge in [-0.25, -0.2) is 0 Å². The van der Waals surface area contributed by atoms with Gasteiger partial charge in [0.1, 0.15) is 12.4 Å². The summed E-state index contributed by atoms with van der Waals surface area (Å²) in [4.78, 5) is 0. The quantitative estimate of drug-likeness (QED) is 0.348. The summed E-state index contributed by atoms with van der Waals surface area (Å²) in [6.45, 7) is 9.07. The van der Waals surface area contributed by atoms with Crippen LogP contribution in [0.3, 0.4) is 0 Å². The number of hydrogen-bond donors (Lipinski definition) is 0. The number of rotatable bonds is 10. The second-order valence-corrected chi connectivity index (χ2v) is 9.03. The van der Waals surface area contributed by atoms with Gasteiger partial charge in [-0.2, -0.15) is 0 Å². The molecule has 0 N–H and O–H groups in total. The Morgan fingerprint density at radius 1 is 0.781 bits per heavy atom. The van der Waals surface area contributed by atoms with Gasteiger partial charge in [-0.3, -0.25) is 0 Å². The van der Waals surface area contributed by atoms with Crippen molar-refractivity contribution < 1.29 is 14.2 Å². The molecule has 0 atom stereocenters. The lowest BCUT2D eigenvalue weighted by Gasteiger charge is -2.35.